The number of anilines is 1. The maximum Gasteiger partial charge on any atom is 0.343 e. The molecule has 174 valence electrons. The van der Waals surface area contributed by atoms with E-state index in [0.29, 0.717) is 34.0 Å². The Morgan fingerprint density at radius 1 is 0.794 bits per heavy atom. The van der Waals surface area contributed by atoms with Crippen molar-refractivity contribution in [2.24, 2.45) is 5.10 Å². The molecule has 0 atom stereocenters. The molecule has 0 saturated carbocycles. The molecule has 2 amide bonds. The lowest BCUT2D eigenvalue weighted by Gasteiger charge is -2.09. The van der Waals surface area contributed by atoms with Crippen LogP contribution >= 0.6 is 0 Å². The highest BCUT2D eigenvalue weighted by Gasteiger charge is 2.15. The van der Waals surface area contributed by atoms with Crippen molar-refractivity contribution in [1.82, 2.24) is 5.43 Å². The van der Waals surface area contributed by atoms with Crippen molar-refractivity contribution in [2.75, 3.05) is 12.4 Å². The molecular formula is C26H25N3O5. The van der Waals surface area contributed by atoms with Gasteiger partial charge in [-0.25, -0.2) is 10.2 Å². The van der Waals surface area contributed by atoms with Gasteiger partial charge in [0.05, 0.1) is 18.4 Å². The van der Waals surface area contributed by atoms with Crippen LogP contribution < -0.4 is 20.2 Å². The van der Waals surface area contributed by atoms with Gasteiger partial charge in [-0.1, -0.05) is 12.1 Å². The Bertz CT molecular complexity index is 1230. The largest absolute Gasteiger partial charge is 0.497 e. The maximum atomic E-state index is 12.3. The summed E-state index contributed by atoms with van der Waals surface area (Å²) in [5, 5.41) is 6.57. The summed E-state index contributed by atoms with van der Waals surface area (Å²) in [7, 11) is 1.55. The molecule has 0 heterocycles. The van der Waals surface area contributed by atoms with E-state index in [1.165, 1.54) is 0 Å². The summed E-state index contributed by atoms with van der Waals surface area (Å²) in [5.41, 5.74) is 6.18. The molecule has 0 unspecified atom stereocenters. The topological polar surface area (TPSA) is 106 Å². The number of ether oxygens (including phenoxy) is 2. The number of hydrogen-bond donors (Lipinski definition) is 2. The molecule has 34 heavy (non-hydrogen) atoms. The van der Waals surface area contributed by atoms with Crippen LogP contribution in [0.1, 0.15) is 34.0 Å². The number of nitrogens with one attached hydrogen (secondary N) is 2. The van der Waals surface area contributed by atoms with Gasteiger partial charge in [-0.15, -0.1) is 0 Å². The number of benzene rings is 3. The van der Waals surface area contributed by atoms with Crippen molar-refractivity contribution in [3.63, 3.8) is 0 Å². The van der Waals surface area contributed by atoms with Gasteiger partial charge in [0.15, 0.2) is 0 Å². The fourth-order valence-electron chi connectivity index (χ4n) is 2.96. The first kappa shape index (κ1) is 24.2. The summed E-state index contributed by atoms with van der Waals surface area (Å²) in [6.45, 7) is 5.42. The molecule has 8 heteroatoms. The smallest absolute Gasteiger partial charge is 0.343 e. The van der Waals surface area contributed by atoms with E-state index in [-0.39, 0.29) is 0 Å². The van der Waals surface area contributed by atoms with Crippen molar-refractivity contribution in [3.05, 3.63) is 89.0 Å². The van der Waals surface area contributed by atoms with Gasteiger partial charge in [-0.2, -0.15) is 5.10 Å². The molecule has 0 aliphatic rings. The third kappa shape index (κ3) is 6.29. The minimum Gasteiger partial charge on any atom is -0.497 e. The lowest BCUT2D eigenvalue weighted by molar-refractivity contribution is -0.136. The summed E-state index contributed by atoms with van der Waals surface area (Å²) >= 11 is 0. The van der Waals surface area contributed by atoms with Gasteiger partial charge in [0.2, 0.25) is 0 Å². The van der Waals surface area contributed by atoms with Gasteiger partial charge in [0.25, 0.3) is 0 Å². The molecule has 0 bridgehead atoms. The lowest BCUT2D eigenvalue weighted by Crippen LogP contribution is -2.33. The molecular weight excluding hydrogens is 434 g/mol. The van der Waals surface area contributed by atoms with Crippen molar-refractivity contribution >= 4 is 29.2 Å². The van der Waals surface area contributed by atoms with Gasteiger partial charge in [0, 0.05) is 5.69 Å². The van der Waals surface area contributed by atoms with E-state index >= 15 is 0 Å². The van der Waals surface area contributed by atoms with E-state index in [9.17, 15) is 14.4 Å². The number of carbonyl (C=O) groups is 3. The van der Waals surface area contributed by atoms with Crippen molar-refractivity contribution < 1.29 is 23.9 Å². The van der Waals surface area contributed by atoms with Crippen LogP contribution in [0.2, 0.25) is 0 Å². The molecule has 0 radical (unpaired) electrons. The molecule has 0 aliphatic heterocycles. The molecule has 3 aromatic carbocycles. The normalized spacial score (nSPS) is 10.9. The summed E-state index contributed by atoms with van der Waals surface area (Å²) in [6, 6.07) is 18.8. The summed E-state index contributed by atoms with van der Waals surface area (Å²) < 4.78 is 10.4. The molecule has 0 saturated heterocycles. The molecule has 3 rings (SSSR count). The number of methoxy groups -OCH3 is 1. The summed E-state index contributed by atoms with van der Waals surface area (Å²) in [5.74, 6) is -1.20. The average Bonchev–Trinajstić information content (AvgIpc) is 2.85. The van der Waals surface area contributed by atoms with Crippen LogP contribution in [0.3, 0.4) is 0 Å². The van der Waals surface area contributed by atoms with Crippen LogP contribution in [0.25, 0.3) is 0 Å². The van der Waals surface area contributed by atoms with Crippen LogP contribution in [0.15, 0.2) is 71.8 Å². The third-order valence-electron chi connectivity index (χ3n) is 4.98. The van der Waals surface area contributed by atoms with Crippen molar-refractivity contribution in [2.45, 2.75) is 20.8 Å². The number of amides is 2. The minimum absolute atomic E-state index is 0.356. The Morgan fingerprint density at radius 3 is 2.06 bits per heavy atom. The van der Waals surface area contributed by atoms with E-state index in [1.54, 1.807) is 68.6 Å². The molecule has 2 N–H and O–H groups in total. The fraction of sp³-hybridized carbons (Fsp3) is 0.154. The highest BCUT2D eigenvalue weighted by Crippen LogP contribution is 2.18. The number of carbonyl (C=O) groups excluding carboxylic acids is 3. The minimum atomic E-state index is -0.884. The van der Waals surface area contributed by atoms with E-state index in [0.717, 1.165) is 11.1 Å². The maximum absolute atomic E-state index is 12.3. The first-order valence-electron chi connectivity index (χ1n) is 10.5. The van der Waals surface area contributed by atoms with E-state index in [4.69, 9.17) is 9.47 Å². The Kier molecular flexibility index (Phi) is 7.76. The Balaban J connectivity index is 1.57. The molecule has 0 aliphatic carbocycles. The SMILES string of the molecule is COc1ccc(C(=O)Oc2ccc(C(C)=NNC(=O)C(=O)Nc3cc(C)ccc3C)cc2)cc1. The van der Waals surface area contributed by atoms with Gasteiger partial charge < -0.3 is 14.8 Å². The second-order valence-corrected chi connectivity index (χ2v) is 7.55. The van der Waals surface area contributed by atoms with Crippen LogP contribution in [-0.2, 0) is 9.59 Å². The lowest BCUT2D eigenvalue weighted by atomic mass is 10.1. The zero-order valence-electron chi connectivity index (χ0n) is 19.3. The average molecular weight is 460 g/mol. The number of hydrogen-bond acceptors (Lipinski definition) is 6. The standard InChI is InChI=1S/C26H25N3O5/c1-16-5-6-17(2)23(15-16)27-24(30)25(31)29-28-18(3)19-7-13-22(14-8-19)34-26(32)20-9-11-21(33-4)12-10-20/h5-15H,1-4H3,(H,27,30)(H,29,31). The zero-order valence-corrected chi connectivity index (χ0v) is 19.3. The summed E-state index contributed by atoms with van der Waals surface area (Å²) in [4.78, 5) is 36.6. The molecule has 0 spiro atoms. The Labute approximate surface area is 197 Å². The van der Waals surface area contributed by atoms with Gasteiger partial charge in [-0.05, 0) is 92.1 Å². The second-order valence-electron chi connectivity index (χ2n) is 7.55. The monoisotopic (exact) mass is 459 g/mol. The predicted octanol–water partition coefficient (Wildman–Crippen LogP) is 4.01. The highest BCUT2D eigenvalue weighted by molar-refractivity contribution is 6.39. The number of nitrogens with zero attached hydrogens (tertiary/aromatic N) is 1. The molecule has 0 fully saturated rings. The number of aryl methyl sites for hydroxylation is 2. The first-order valence-corrected chi connectivity index (χ1v) is 10.5. The molecule has 3 aromatic rings. The fourth-order valence-corrected chi connectivity index (χ4v) is 2.96. The van der Waals surface area contributed by atoms with Crippen LogP contribution in [0.4, 0.5) is 5.69 Å². The van der Waals surface area contributed by atoms with E-state index < -0.39 is 17.8 Å². The number of hydrazone groups is 1. The summed E-state index contributed by atoms with van der Waals surface area (Å²) in [6.07, 6.45) is 0. The van der Waals surface area contributed by atoms with Gasteiger partial charge in [0.1, 0.15) is 11.5 Å². The van der Waals surface area contributed by atoms with Gasteiger partial charge in [-0.3, -0.25) is 9.59 Å². The van der Waals surface area contributed by atoms with Crippen LogP contribution in [-0.4, -0.2) is 30.6 Å². The van der Waals surface area contributed by atoms with Gasteiger partial charge >= 0.3 is 17.8 Å². The van der Waals surface area contributed by atoms with Crippen LogP contribution in [0.5, 0.6) is 11.5 Å². The zero-order chi connectivity index (χ0) is 24.7. The third-order valence-corrected chi connectivity index (χ3v) is 4.98. The molecule has 0 aromatic heterocycles. The van der Waals surface area contributed by atoms with E-state index in [1.807, 2.05) is 26.0 Å². The Hall–Kier alpha value is -4.46. The first-order chi connectivity index (χ1) is 16.3. The van der Waals surface area contributed by atoms with Crippen molar-refractivity contribution in [1.29, 1.82) is 0 Å². The second kappa shape index (κ2) is 10.9. The highest BCUT2D eigenvalue weighted by atomic mass is 16.5. The molecule has 8 nitrogen and oxygen atoms in total. The quantitative estimate of drug-likeness (QED) is 0.190. The predicted molar refractivity (Wildman–Crippen MR) is 129 cm³/mol. The number of rotatable bonds is 6. The number of esters is 1. The van der Waals surface area contributed by atoms with E-state index in [2.05, 4.69) is 15.8 Å². The van der Waals surface area contributed by atoms with Crippen LogP contribution in [0, 0.1) is 13.8 Å². The van der Waals surface area contributed by atoms with Crippen molar-refractivity contribution in [3.8, 4) is 11.5 Å². The Morgan fingerprint density at radius 2 is 1.41 bits per heavy atom.